The first-order valence-electron chi connectivity index (χ1n) is 9.48. The minimum absolute atomic E-state index is 0.0115. The second kappa shape index (κ2) is 8.70. The van der Waals surface area contributed by atoms with Crippen LogP contribution in [0.15, 0.2) is 83.1 Å². The first-order chi connectivity index (χ1) is 15.7. The minimum Gasteiger partial charge on any atom is -0.507 e. The summed E-state index contributed by atoms with van der Waals surface area (Å²) in [6.45, 7) is 0. The van der Waals surface area contributed by atoms with E-state index in [1.54, 1.807) is 36.4 Å². The standard InChI is InChI=1S/C23H14BrF3N2O4/c24-15-8-6-13(7-9-15)20(30)18-19(14-3-2-10-28-12-14)29(22(32)21(18)31)16-4-1-5-17(11-16)33-23(25,26)27/h1-12,19,30H/b20-18+. The summed E-state index contributed by atoms with van der Waals surface area (Å²) in [5, 5.41) is 11.0. The molecule has 1 saturated heterocycles. The van der Waals surface area contributed by atoms with E-state index in [0.29, 0.717) is 11.1 Å². The maximum atomic E-state index is 13.0. The molecule has 3 aromatic rings. The smallest absolute Gasteiger partial charge is 0.507 e. The summed E-state index contributed by atoms with van der Waals surface area (Å²) in [4.78, 5) is 31.1. The second-order valence-corrected chi connectivity index (χ2v) is 7.92. The number of carbonyl (C=O) groups excluding carboxylic acids is 2. The minimum atomic E-state index is -4.93. The van der Waals surface area contributed by atoms with Crippen molar-refractivity contribution < 1.29 is 32.6 Å². The van der Waals surface area contributed by atoms with Gasteiger partial charge in [0.2, 0.25) is 0 Å². The van der Waals surface area contributed by atoms with Crippen LogP contribution in [0.25, 0.3) is 5.76 Å². The number of halogens is 4. The highest BCUT2D eigenvalue weighted by atomic mass is 79.9. The molecule has 1 unspecified atom stereocenters. The van der Waals surface area contributed by atoms with Crippen LogP contribution in [0.1, 0.15) is 17.2 Å². The highest BCUT2D eigenvalue weighted by Crippen LogP contribution is 2.42. The van der Waals surface area contributed by atoms with Gasteiger partial charge in [-0.15, -0.1) is 13.2 Å². The number of anilines is 1. The third-order valence-corrected chi connectivity index (χ3v) is 5.42. The van der Waals surface area contributed by atoms with Gasteiger partial charge in [-0.2, -0.15) is 0 Å². The first-order valence-corrected chi connectivity index (χ1v) is 10.3. The van der Waals surface area contributed by atoms with E-state index < -0.39 is 35.6 Å². The van der Waals surface area contributed by atoms with Crippen molar-refractivity contribution in [2.24, 2.45) is 0 Å². The first kappa shape index (κ1) is 22.5. The average molecular weight is 519 g/mol. The Bertz CT molecular complexity index is 1240. The number of rotatable bonds is 4. The zero-order chi connectivity index (χ0) is 23.8. The molecule has 0 aliphatic carbocycles. The monoisotopic (exact) mass is 518 g/mol. The highest BCUT2D eigenvalue weighted by molar-refractivity contribution is 9.10. The summed E-state index contributed by atoms with van der Waals surface area (Å²) >= 11 is 3.29. The Hall–Kier alpha value is -3.66. The zero-order valence-corrected chi connectivity index (χ0v) is 18.2. The summed E-state index contributed by atoms with van der Waals surface area (Å²) < 4.78 is 42.8. The molecule has 4 rings (SSSR count). The Morgan fingerprint density at radius 3 is 2.42 bits per heavy atom. The van der Waals surface area contributed by atoms with Crippen molar-refractivity contribution in [1.82, 2.24) is 4.98 Å². The van der Waals surface area contributed by atoms with Gasteiger partial charge in [0.05, 0.1) is 11.6 Å². The van der Waals surface area contributed by atoms with E-state index in [-0.39, 0.29) is 11.3 Å². The van der Waals surface area contributed by atoms with Gasteiger partial charge in [-0.25, -0.2) is 0 Å². The molecule has 2 heterocycles. The van der Waals surface area contributed by atoms with Crippen LogP contribution >= 0.6 is 15.9 Å². The van der Waals surface area contributed by atoms with Gasteiger partial charge in [0.15, 0.2) is 0 Å². The summed E-state index contributed by atoms with van der Waals surface area (Å²) in [6, 6.07) is 13.2. The molecule has 0 bridgehead atoms. The molecule has 1 aliphatic rings. The number of amides is 1. The number of benzene rings is 2. The van der Waals surface area contributed by atoms with Gasteiger partial charge in [-0.3, -0.25) is 19.5 Å². The van der Waals surface area contributed by atoms with E-state index in [9.17, 15) is 27.9 Å². The maximum absolute atomic E-state index is 13.0. The van der Waals surface area contributed by atoms with Crippen molar-refractivity contribution in [3.05, 3.63) is 94.2 Å². The molecule has 6 nitrogen and oxygen atoms in total. The van der Waals surface area contributed by atoms with Gasteiger partial charge >= 0.3 is 6.36 Å². The molecule has 1 aromatic heterocycles. The molecule has 0 saturated carbocycles. The molecule has 0 radical (unpaired) electrons. The van der Waals surface area contributed by atoms with Crippen LogP contribution in [0.4, 0.5) is 18.9 Å². The lowest BCUT2D eigenvalue weighted by atomic mass is 9.96. The molecule has 10 heteroatoms. The van der Waals surface area contributed by atoms with Crippen molar-refractivity contribution in [3.8, 4) is 5.75 Å². The second-order valence-electron chi connectivity index (χ2n) is 7.01. The number of aromatic nitrogens is 1. The molecular formula is C23H14BrF3N2O4. The van der Waals surface area contributed by atoms with Gasteiger partial charge in [0.25, 0.3) is 11.7 Å². The van der Waals surface area contributed by atoms with Crippen molar-refractivity contribution in [3.63, 3.8) is 0 Å². The predicted molar refractivity (Wildman–Crippen MR) is 116 cm³/mol. The summed E-state index contributed by atoms with van der Waals surface area (Å²) in [7, 11) is 0. The van der Waals surface area contributed by atoms with Crippen molar-refractivity contribution >= 4 is 39.1 Å². The quantitative estimate of drug-likeness (QED) is 0.285. The number of ether oxygens (including phenoxy) is 1. The molecule has 1 amide bonds. The fourth-order valence-electron chi connectivity index (χ4n) is 3.55. The number of nitrogens with zero attached hydrogens (tertiary/aromatic N) is 2. The highest BCUT2D eigenvalue weighted by Gasteiger charge is 2.47. The van der Waals surface area contributed by atoms with Crippen LogP contribution in [0.5, 0.6) is 5.75 Å². The molecule has 2 aromatic carbocycles. The van der Waals surface area contributed by atoms with Crippen molar-refractivity contribution in [2.45, 2.75) is 12.4 Å². The number of pyridine rings is 1. The number of alkyl halides is 3. The van der Waals surface area contributed by atoms with Gasteiger partial charge in [-0.05, 0) is 35.9 Å². The van der Waals surface area contributed by atoms with Crippen LogP contribution in [-0.2, 0) is 9.59 Å². The van der Waals surface area contributed by atoms with E-state index in [1.165, 1.54) is 24.5 Å². The lowest BCUT2D eigenvalue weighted by Crippen LogP contribution is -2.29. The van der Waals surface area contributed by atoms with Gasteiger partial charge in [0.1, 0.15) is 11.5 Å². The number of hydrogen-bond donors (Lipinski definition) is 1. The Morgan fingerprint density at radius 2 is 1.79 bits per heavy atom. The number of aliphatic hydroxyl groups is 1. The van der Waals surface area contributed by atoms with Crippen LogP contribution < -0.4 is 9.64 Å². The molecule has 1 atom stereocenters. The van der Waals surface area contributed by atoms with Gasteiger partial charge in [-0.1, -0.05) is 40.2 Å². The fourth-order valence-corrected chi connectivity index (χ4v) is 3.81. The molecular weight excluding hydrogens is 505 g/mol. The van der Waals surface area contributed by atoms with Crippen molar-refractivity contribution in [1.29, 1.82) is 0 Å². The van der Waals surface area contributed by atoms with E-state index in [1.807, 2.05) is 0 Å². The Balaban J connectivity index is 1.88. The van der Waals surface area contributed by atoms with Crippen LogP contribution in [0, 0.1) is 0 Å². The van der Waals surface area contributed by atoms with Gasteiger partial charge in [0, 0.05) is 34.2 Å². The molecule has 1 N–H and O–H groups in total. The SMILES string of the molecule is O=C1C(=O)N(c2cccc(OC(F)(F)F)c2)C(c2cccnc2)/C1=C(\O)c1ccc(Br)cc1. The molecule has 33 heavy (non-hydrogen) atoms. The number of ketones is 1. The van der Waals surface area contributed by atoms with Crippen LogP contribution in [0.2, 0.25) is 0 Å². The lowest BCUT2D eigenvalue weighted by molar-refractivity contribution is -0.274. The number of carbonyl (C=O) groups is 2. The fraction of sp³-hybridized carbons (Fsp3) is 0.0870. The zero-order valence-electron chi connectivity index (χ0n) is 16.6. The van der Waals surface area contributed by atoms with E-state index in [4.69, 9.17) is 0 Å². The Kier molecular flexibility index (Phi) is 5.94. The van der Waals surface area contributed by atoms with E-state index in [2.05, 4.69) is 25.7 Å². The van der Waals surface area contributed by atoms with Crippen LogP contribution in [0.3, 0.4) is 0 Å². The van der Waals surface area contributed by atoms with Crippen molar-refractivity contribution in [2.75, 3.05) is 4.90 Å². The summed E-state index contributed by atoms with van der Waals surface area (Å²) in [6.07, 6.45) is -2.03. The number of Topliss-reactive ketones (excluding diaryl/α,β-unsaturated/α-hetero) is 1. The lowest BCUT2D eigenvalue weighted by Gasteiger charge is -2.25. The average Bonchev–Trinajstić information content (AvgIpc) is 3.04. The molecule has 1 aliphatic heterocycles. The molecule has 0 spiro atoms. The largest absolute Gasteiger partial charge is 0.573 e. The summed E-state index contributed by atoms with van der Waals surface area (Å²) in [5.41, 5.74) is 0.455. The Morgan fingerprint density at radius 1 is 1.06 bits per heavy atom. The predicted octanol–water partition coefficient (Wildman–Crippen LogP) is 5.37. The topological polar surface area (TPSA) is 79.7 Å². The number of hydrogen-bond acceptors (Lipinski definition) is 5. The number of aliphatic hydroxyl groups excluding tert-OH is 1. The molecule has 1 fully saturated rings. The summed E-state index contributed by atoms with van der Waals surface area (Å²) in [5.74, 6) is -2.96. The normalized spacial score (nSPS) is 17.9. The van der Waals surface area contributed by atoms with E-state index in [0.717, 1.165) is 21.5 Å². The molecule has 168 valence electrons. The van der Waals surface area contributed by atoms with E-state index >= 15 is 0 Å². The third kappa shape index (κ3) is 4.61. The maximum Gasteiger partial charge on any atom is 0.573 e. The van der Waals surface area contributed by atoms with Crippen LogP contribution in [-0.4, -0.2) is 28.1 Å². The third-order valence-electron chi connectivity index (χ3n) is 4.89. The van der Waals surface area contributed by atoms with Gasteiger partial charge < -0.3 is 9.84 Å². The Labute approximate surface area is 194 Å².